The molecule has 1 aliphatic carbocycles. The van der Waals surface area contributed by atoms with Gasteiger partial charge in [-0.25, -0.2) is 0 Å². The molecule has 0 spiro atoms. The predicted octanol–water partition coefficient (Wildman–Crippen LogP) is 3.71. The van der Waals surface area contributed by atoms with Crippen molar-refractivity contribution in [2.75, 3.05) is 13.2 Å². The van der Waals surface area contributed by atoms with Crippen molar-refractivity contribution in [3.63, 3.8) is 0 Å². The van der Waals surface area contributed by atoms with Crippen LogP contribution in [-0.2, 0) is 11.2 Å². The van der Waals surface area contributed by atoms with E-state index in [1.165, 1.54) is 17.5 Å². The summed E-state index contributed by atoms with van der Waals surface area (Å²) in [7, 11) is 0. The largest absolute Gasteiger partial charge is 0.379 e. The summed E-state index contributed by atoms with van der Waals surface area (Å²) in [5.74, 6) is 0. The van der Waals surface area contributed by atoms with Gasteiger partial charge in [0, 0.05) is 12.6 Å². The van der Waals surface area contributed by atoms with E-state index in [9.17, 15) is 0 Å². The Morgan fingerprint density at radius 1 is 1.32 bits per heavy atom. The summed E-state index contributed by atoms with van der Waals surface area (Å²) in [6.07, 6.45) is 2.58. The Balaban J connectivity index is 1.88. The van der Waals surface area contributed by atoms with Crippen molar-refractivity contribution in [1.82, 2.24) is 5.32 Å². The van der Waals surface area contributed by atoms with Gasteiger partial charge in [-0.3, -0.25) is 0 Å². The molecule has 0 saturated carbocycles. The van der Waals surface area contributed by atoms with E-state index in [0.717, 1.165) is 19.6 Å². The van der Waals surface area contributed by atoms with Crippen LogP contribution in [0.4, 0.5) is 0 Å². The first kappa shape index (κ1) is 14.5. The highest BCUT2D eigenvalue weighted by atomic mass is 16.5. The lowest BCUT2D eigenvalue weighted by Gasteiger charge is -2.28. The average molecular weight is 261 g/mol. The van der Waals surface area contributed by atoms with Gasteiger partial charge >= 0.3 is 0 Å². The molecule has 0 fully saturated rings. The lowest BCUT2D eigenvalue weighted by molar-refractivity contribution is 0.0759. The first-order chi connectivity index (χ1) is 9.00. The lowest BCUT2D eigenvalue weighted by atomic mass is 9.85. The van der Waals surface area contributed by atoms with Crippen LogP contribution in [0.25, 0.3) is 0 Å². The third-order valence-corrected chi connectivity index (χ3v) is 3.91. The van der Waals surface area contributed by atoms with Crippen LogP contribution in [0.2, 0.25) is 0 Å². The summed E-state index contributed by atoms with van der Waals surface area (Å²) in [6, 6.07) is 9.31. The van der Waals surface area contributed by atoms with Gasteiger partial charge in [-0.1, -0.05) is 38.1 Å². The van der Waals surface area contributed by atoms with Gasteiger partial charge in [0.05, 0.1) is 6.10 Å². The summed E-state index contributed by atoms with van der Waals surface area (Å²) in [6.45, 7) is 10.8. The smallest absolute Gasteiger partial charge is 0.0518 e. The summed E-state index contributed by atoms with van der Waals surface area (Å²) < 4.78 is 5.59. The van der Waals surface area contributed by atoms with Crippen LogP contribution in [0.3, 0.4) is 0 Å². The summed E-state index contributed by atoms with van der Waals surface area (Å²) in [5.41, 5.74) is 3.29. The maximum absolute atomic E-state index is 5.59. The van der Waals surface area contributed by atoms with E-state index in [0.29, 0.717) is 17.6 Å². The van der Waals surface area contributed by atoms with Crippen LogP contribution in [0.1, 0.15) is 51.3 Å². The van der Waals surface area contributed by atoms with Crippen molar-refractivity contribution in [2.45, 2.75) is 52.7 Å². The quantitative estimate of drug-likeness (QED) is 0.788. The topological polar surface area (TPSA) is 21.3 Å². The van der Waals surface area contributed by atoms with Gasteiger partial charge in [-0.2, -0.15) is 0 Å². The number of fused-ring (bicyclic) bond motifs is 1. The highest BCUT2D eigenvalue weighted by Crippen LogP contribution is 2.44. The number of hydrogen-bond donors (Lipinski definition) is 1. The third-order valence-electron chi connectivity index (χ3n) is 3.91. The molecule has 1 aromatic rings. The molecule has 0 bridgehead atoms. The standard InChI is InChI=1S/C17H27NO/c1-13(2)19-11-7-10-18-16-15-9-6-5-8-14(15)12-17(16,3)4/h5-6,8-9,13,16,18H,7,10-12H2,1-4H3. The molecule has 2 rings (SSSR count). The fraction of sp³-hybridized carbons (Fsp3) is 0.647. The maximum Gasteiger partial charge on any atom is 0.0518 e. The van der Waals surface area contributed by atoms with Gasteiger partial charge < -0.3 is 10.1 Å². The Morgan fingerprint density at radius 3 is 2.79 bits per heavy atom. The van der Waals surface area contributed by atoms with Crippen LogP contribution in [0.15, 0.2) is 24.3 Å². The average Bonchev–Trinajstić information content (AvgIpc) is 2.59. The molecule has 0 aliphatic heterocycles. The molecule has 1 aromatic carbocycles. The molecule has 19 heavy (non-hydrogen) atoms. The zero-order valence-electron chi connectivity index (χ0n) is 12.7. The second-order valence-electron chi connectivity index (χ2n) is 6.52. The van der Waals surface area contributed by atoms with Crippen molar-refractivity contribution < 1.29 is 4.74 Å². The molecular weight excluding hydrogens is 234 g/mol. The highest BCUT2D eigenvalue weighted by Gasteiger charge is 2.37. The minimum Gasteiger partial charge on any atom is -0.379 e. The van der Waals surface area contributed by atoms with E-state index >= 15 is 0 Å². The fourth-order valence-electron chi connectivity index (χ4n) is 3.01. The zero-order valence-corrected chi connectivity index (χ0v) is 12.7. The number of benzene rings is 1. The monoisotopic (exact) mass is 261 g/mol. The minimum atomic E-state index is 0.308. The predicted molar refractivity (Wildman–Crippen MR) is 80.4 cm³/mol. The van der Waals surface area contributed by atoms with Gasteiger partial charge in [0.15, 0.2) is 0 Å². The van der Waals surface area contributed by atoms with E-state index in [1.54, 1.807) is 0 Å². The van der Waals surface area contributed by atoms with E-state index in [1.807, 2.05) is 0 Å². The molecule has 2 heteroatoms. The van der Waals surface area contributed by atoms with E-state index < -0.39 is 0 Å². The molecule has 2 nitrogen and oxygen atoms in total. The molecule has 0 radical (unpaired) electrons. The Morgan fingerprint density at radius 2 is 2.05 bits per heavy atom. The maximum atomic E-state index is 5.59. The van der Waals surface area contributed by atoms with Gasteiger partial charge in [0.2, 0.25) is 0 Å². The third kappa shape index (κ3) is 3.58. The second kappa shape index (κ2) is 6.06. The fourth-order valence-corrected chi connectivity index (χ4v) is 3.01. The summed E-state index contributed by atoms with van der Waals surface area (Å²) in [5, 5.41) is 3.72. The first-order valence-electron chi connectivity index (χ1n) is 7.43. The Hall–Kier alpha value is -0.860. The molecule has 1 aliphatic rings. The normalized spacial score (nSPS) is 20.8. The van der Waals surface area contributed by atoms with Gasteiger partial charge in [-0.05, 0) is 49.8 Å². The first-order valence-corrected chi connectivity index (χ1v) is 7.43. The Bertz CT molecular complexity index is 411. The highest BCUT2D eigenvalue weighted by molar-refractivity contribution is 5.37. The molecule has 1 atom stereocenters. The Kier molecular flexibility index (Phi) is 4.64. The SMILES string of the molecule is CC(C)OCCCNC1c2ccccc2CC1(C)C. The van der Waals surface area contributed by atoms with Crippen molar-refractivity contribution >= 4 is 0 Å². The van der Waals surface area contributed by atoms with Crippen LogP contribution >= 0.6 is 0 Å². The number of ether oxygens (including phenoxy) is 1. The molecule has 0 saturated heterocycles. The molecule has 1 unspecified atom stereocenters. The zero-order chi connectivity index (χ0) is 13.9. The minimum absolute atomic E-state index is 0.308. The van der Waals surface area contributed by atoms with Gasteiger partial charge in [-0.15, -0.1) is 0 Å². The molecule has 106 valence electrons. The number of rotatable bonds is 6. The summed E-state index contributed by atoms with van der Waals surface area (Å²) in [4.78, 5) is 0. The van der Waals surface area contributed by atoms with Crippen molar-refractivity contribution in [1.29, 1.82) is 0 Å². The van der Waals surface area contributed by atoms with Gasteiger partial charge in [0.25, 0.3) is 0 Å². The van der Waals surface area contributed by atoms with E-state index in [-0.39, 0.29) is 0 Å². The van der Waals surface area contributed by atoms with Gasteiger partial charge in [0.1, 0.15) is 0 Å². The Labute approximate surface area is 117 Å². The van der Waals surface area contributed by atoms with Crippen LogP contribution in [-0.4, -0.2) is 19.3 Å². The van der Waals surface area contributed by atoms with Crippen molar-refractivity contribution in [3.8, 4) is 0 Å². The van der Waals surface area contributed by atoms with Crippen molar-refractivity contribution in [3.05, 3.63) is 35.4 Å². The van der Waals surface area contributed by atoms with Crippen LogP contribution in [0.5, 0.6) is 0 Å². The molecule has 0 heterocycles. The van der Waals surface area contributed by atoms with Crippen LogP contribution < -0.4 is 5.32 Å². The van der Waals surface area contributed by atoms with E-state index in [2.05, 4.69) is 57.3 Å². The lowest BCUT2D eigenvalue weighted by Crippen LogP contribution is -2.32. The second-order valence-corrected chi connectivity index (χ2v) is 6.52. The molecule has 0 amide bonds. The van der Waals surface area contributed by atoms with Crippen LogP contribution in [0, 0.1) is 5.41 Å². The molecule has 1 N–H and O–H groups in total. The number of hydrogen-bond acceptors (Lipinski definition) is 2. The summed E-state index contributed by atoms with van der Waals surface area (Å²) >= 11 is 0. The molecular formula is C17H27NO. The van der Waals surface area contributed by atoms with E-state index in [4.69, 9.17) is 4.74 Å². The van der Waals surface area contributed by atoms with Crippen molar-refractivity contribution in [2.24, 2.45) is 5.41 Å². The molecule has 0 aromatic heterocycles. The number of nitrogens with one attached hydrogen (secondary N) is 1.